The first-order valence-corrected chi connectivity index (χ1v) is 25.3. The van der Waals surface area contributed by atoms with Gasteiger partial charge in [-0.15, -0.1) is 10.2 Å². The SMILES string of the molecule is CCN(C)Cc1cc(NC(=O)c2ccc(CCn3ncc(-c4cn(-c5cc(C(=O)Nc6cc(CN7CCCC7)c(Cl)c(C(F)(F)F)c6)ccc5C)nn4)c3C)c(-n3cc(-c4cnn(C)c4C)nn3)c2)cc(C(F)(F)F)c1Cl. The lowest BCUT2D eigenvalue weighted by atomic mass is 10.0. The van der Waals surface area contributed by atoms with Gasteiger partial charge in [0.25, 0.3) is 11.8 Å². The number of hydrogen-bond acceptors (Lipinski definition) is 10. The fourth-order valence-corrected chi connectivity index (χ4v) is 9.74. The second kappa shape index (κ2) is 21.9. The van der Waals surface area contributed by atoms with Crippen molar-refractivity contribution in [3.05, 3.63) is 151 Å². The van der Waals surface area contributed by atoms with Crippen molar-refractivity contribution in [2.45, 2.75) is 78.9 Å². The van der Waals surface area contributed by atoms with Gasteiger partial charge in [-0.2, -0.15) is 36.5 Å². The first-order valence-electron chi connectivity index (χ1n) is 24.5. The number of nitrogens with one attached hydrogen (secondary N) is 2. The van der Waals surface area contributed by atoms with Gasteiger partial charge < -0.3 is 15.5 Å². The minimum absolute atomic E-state index is 0.0360. The smallest absolute Gasteiger partial charge is 0.322 e. The van der Waals surface area contributed by atoms with Gasteiger partial charge in [0, 0.05) is 71.7 Å². The Morgan fingerprint density at radius 3 is 1.79 bits per heavy atom. The molecule has 0 unspecified atom stereocenters. The number of benzene rings is 4. The number of halogens is 8. The van der Waals surface area contributed by atoms with Crippen LogP contribution < -0.4 is 10.6 Å². The quantitative estimate of drug-likeness (QED) is 0.0891. The number of aryl methyl sites for hydroxylation is 4. The molecule has 0 bridgehead atoms. The van der Waals surface area contributed by atoms with Gasteiger partial charge in [0.15, 0.2) is 0 Å². The van der Waals surface area contributed by atoms with Crippen LogP contribution in [0.1, 0.15) is 85.2 Å². The molecular weight excluding hydrogens is 1050 g/mol. The monoisotopic (exact) mass is 1100 g/mol. The Bertz CT molecular complexity index is 3520. The number of likely N-dealkylation sites (tertiary alicyclic amines) is 1. The van der Waals surface area contributed by atoms with E-state index in [0.717, 1.165) is 66.1 Å². The molecule has 402 valence electrons. The minimum Gasteiger partial charge on any atom is -0.322 e. The average molecular weight is 1100 g/mol. The van der Waals surface area contributed by atoms with E-state index in [-0.39, 0.29) is 51.7 Å². The maximum Gasteiger partial charge on any atom is 0.417 e. The van der Waals surface area contributed by atoms with Crippen molar-refractivity contribution in [2.24, 2.45) is 7.05 Å². The molecule has 1 aliphatic rings. The summed E-state index contributed by atoms with van der Waals surface area (Å²) in [5, 5.41) is 31.1. The summed E-state index contributed by atoms with van der Waals surface area (Å²) in [5.41, 5.74) is 5.03. The lowest BCUT2D eigenvalue weighted by Crippen LogP contribution is -2.20. The Balaban J connectivity index is 0.953. The summed E-state index contributed by atoms with van der Waals surface area (Å²) in [4.78, 5) is 31.4. The van der Waals surface area contributed by atoms with Crippen molar-refractivity contribution < 1.29 is 35.9 Å². The van der Waals surface area contributed by atoms with E-state index in [0.29, 0.717) is 47.8 Å². The molecule has 0 atom stereocenters. The zero-order valence-corrected chi connectivity index (χ0v) is 44.2. The Kier molecular flexibility index (Phi) is 15.5. The number of aromatic nitrogens is 10. The van der Waals surface area contributed by atoms with Gasteiger partial charge in [0.05, 0.1) is 57.3 Å². The Hall–Kier alpha value is -7.40. The molecule has 1 aliphatic heterocycles. The zero-order valence-electron chi connectivity index (χ0n) is 42.7. The molecule has 1 fully saturated rings. The molecule has 4 aromatic carbocycles. The van der Waals surface area contributed by atoms with Crippen LogP contribution >= 0.6 is 23.2 Å². The van der Waals surface area contributed by atoms with Crippen molar-refractivity contribution in [1.29, 1.82) is 0 Å². The van der Waals surface area contributed by atoms with E-state index in [1.54, 1.807) is 89.5 Å². The molecule has 16 nitrogen and oxygen atoms in total. The molecule has 9 rings (SSSR count). The van der Waals surface area contributed by atoms with E-state index >= 15 is 0 Å². The molecule has 2 N–H and O–H groups in total. The van der Waals surface area contributed by atoms with Gasteiger partial charge in [0.2, 0.25) is 0 Å². The fraction of sp³-hybridized carbons (Fsp3) is 0.321. The number of hydrogen-bond donors (Lipinski definition) is 2. The molecule has 0 spiro atoms. The van der Waals surface area contributed by atoms with Crippen LogP contribution in [0, 0.1) is 20.8 Å². The van der Waals surface area contributed by atoms with Crippen molar-refractivity contribution in [3.63, 3.8) is 0 Å². The number of rotatable bonds is 16. The fourth-order valence-electron chi connectivity index (χ4n) is 9.18. The number of carbonyl (C=O) groups is 2. The molecule has 0 radical (unpaired) electrons. The number of nitrogens with zero attached hydrogens (tertiary/aromatic N) is 12. The summed E-state index contributed by atoms with van der Waals surface area (Å²) in [6.07, 6.45) is -0.549. The van der Waals surface area contributed by atoms with E-state index < -0.39 is 40.3 Å². The summed E-state index contributed by atoms with van der Waals surface area (Å²) in [6.45, 7) is 10.2. The first kappa shape index (κ1) is 54.4. The molecule has 0 aliphatic carbocycles. The molecule has 77 heavy (non-hydrogen) atoms. The highest BCUT2D eigenvalue weighted by molar-refractivity contribution is 6.32. The lowest BCUT2D eigenvalue weighted by Gasteiger charge is -2.20. The summed E-state index contributed by atoms with van der Waals surface area (Å²) >= 11 is 12.6. The van der Waals surface area contributed by atoms with Crippen molar-refractivity contribution in [2.75, 3.05) is 37.3 Å². The third-order valence-corrected chi connectivity index (χ3v) is 14.7. The van der Waals surface area contributed by atoms with E-state index in [2.05, 4.69) is 41.5 Å². The van der Waals surface area contributed by atoms with Crippen molar-refractivity contribution in [3.8, 4) is 33.9 Å². The van der Waals surface area contributed by atoms with Crippen LogP contribution in [0.5, 0.6) is 0 Å². The number of amides is 2. The molecule has 5 heterocycles. The number of carbonyl (C=O) groups excluding carboxylic acids is 2. The molecule has 24 heteroatoms. The van der Waals surface area contributed by atoms with Gasteiger partial charge in [-0.05, 0) is 138 Å². The van der Waals surface area contributed by atoms with Crippen LogP contribution in [0.15, 0.2) is 85.5 Å². The van der Waals surface area contributed by atoms with Crippen LogP contribution in [0.4, 0.5) is 37.7 Å². The second-order valence-corrected chi connectivity index (χ2v) is 19.8. The summed E-state index contributed by atoms with van der Waals surface area (Å²) in [7, 11) is 3.55. The van der Waals surface area contributed by atoms with Crippen LogP contribution in [0.3, 0.4) is 0 Å². The van der Waals surface area contributed by atoms with Gasteiger partial charge in [-0.25, -0.2) is 9.36 Å². The second-order valence-electron chi connectivity index (χ2n) is 19.0. The Labute approximate surface area is 448 Å². The predicted molar refractivity (Wildman–Crippen MR) is 279 cm³/mol. The molecule has 0 saturated carbocycles. The van der Waals surface area contributed by atoms with Gasteiger partial charge in [0.1, 0.15) is 11.4 Å². The lowest BCUT2D eigenvalue weighted by molar-refractivity contribution is -0.138. The van der Waals surface area contributed by atoms with Gasteiger partial charge >= 0.3 is 12.4 Å². The molecule has 1 saturated heterocycles. The van der Waals surface area contributed by atoms with Gasteiger partial charge in [-0.1, -0.05) is 52.7 Å². The summed E-state index contributed by atoms with van der Waals surface area (Å²) < 4.78 is 91.6. The summed E-state index contributed by atoms with van der Waals surface area (Å²) in [5.74, 6) is -1.30. The van der Waals surface area contributed by atoms with Crippen LogP contribution in [-0.2, 0) is 45.5 Å². The largest absolute Gasteiger partial charge is 0.417 e. The van der Waals surface area contributed by atoms with E-state index in [9.17, 15) is 35.9 Å². The number of alkyl halides is 6. The average Bonchev–Trinajstić information content (AvgIpc) is 4.27. The predicted octanol–water partition coefficient (Wildman–Crippen LogP) is 11.2. The highest BCUT2D eigenvalue weighted by atomic mass is 35.5. The van der Waals surface area contributed by atoms with E-state index in [4.69, 9.17) is 23.2 Å². The van der Waals surface area contributed by atoms with Crippen molar-refractivity contribution in [1.82, 2.24) is 59.3 Å². The Morgan fingerprint density at radius 2 is 1.22 bits per heavy atom. The van der Waals surface area contributed by atoms with Crippen LogP contribution in [-0.4, -0.2) is 97.8 Å². The third-order valence-electron chi connectivity index (χ3n) is 13.8. The number of anilines is 2. The maximum atomic E-state index is 14.2. The normalized spacial score (nSPS) is 13.3. The molecule has 2 amide bonds. The highest BCUT2D eigenvalue weighted by Gasteiger charge is 2.36. The maximum absolute atomic E-state index is 14.2. The third kappa shape index (κ3) is 11.8. The van der Waals surface area contributed by atoms with Gasteiger partial charge in [-0.3, -0.25) is 23.9 Å². The van der Waals surface area contributed by atoms with Crippen LogP contribution in [0.25, 0.3) is 33.9 Å². The highest BCUT2D eigenvalue weighted by Crippen LogP contribution is 2.41. The first-order chi connectivity index (χ1) is 36.6. The minimum atomic E-state index is -4.78. The standard InChI is InChI=1S/C53H52Cl2F6N14O2/c1-7-70(5)26-36-18-38(22-42(48(36)54)52(56,57)58)64-51(77)35-13-12-33(47(21-35)75-29-44(66-69-75)40-24-62-71(6)31(40)3)14-17-73-32(4)41(25-63-73)45-28-74(68-67-45)46-20-34(11-10-30(46)2)50(76)65-39-19-37(27-72-15-8-9-16-72)49(55)43(23-39)53(59,60)61/h10-13,18-25,28-29H,7-9,14-17,26-27H2,1-6H3,(H,64,77)(H,65,76). The molecule has 8 aromatic rings. The van der Waals surface area contributed by atoms with E-state index in [1.807, 2.05) is 32.6 Å². The summed E-state index contributed by atoms with van der Waals surface area (Å²) in [6, 6.07) is 14.4. The molecule has 4 aromatic heterocycles. The zero-order chi connectivity index (χ0) is 55.1. The Morgan fingerprint density at radius 1 is 0.688 bits per heavy atom. The van der Waals surface area contributed by atoms with Crippen molar-refractivity contribution >= 4 is 46.4 Å². The topological polar surface area (TPSA) is 162 Å². The van der Waals surface area contributed by atoms with E-state index in [1.165, 1.54) is 21.5 Å². The molecular formula is C53H52Cl2F6N14O2. The van der Waals surface area contributed by atoms with Crippen LogP contribution in [0.2, 0.25) is 10.0 Å².